The third-order valence-corrected chi connectivity index (χ3v) is 5.29. The molecule has 1 N–H and O–H groups in total. The third kappa shape index (κ3) is 5.59. The summed E-state index contributed by atoms with van der Waals surface area (Å²) in [4.78, 5) is 18.8. The van der Waals surface area contributed by atoms with Crippen molar-refractivity contribution in [3.05, 3.63) is 23.9 Å². The van der Waals surface area contributed by atoms with Crippen LogP contribution < -0.4 is 10.1 Å². The van der Waals surface area contributed by atoms with Crippen molar-refractivity contribution < 1.29 is 22.7 Å². The monoisotopic (exact) mass is 401 g/mol. The van der Waals surface area contributed by atoms with Crippen molar-refractivity contribution in [2.45, 2.75) is 46.3 Å². The van der Waals surface area contributed by atoms with Crippen molar-refractivity contribution in [2.75, 3.05) is 26.7 Å². The van der Waals surface area contributed by atoms with Crippen LogP contribution in [0.25, 0.3) is 0 Å². The molecule has 1 saturated heterocycles. The number of alkyl halides is 3. The number of ether oxygens (including phenoxy) is 1. The van der Waals surface area contributed by atoms with Crippen molar-refractivity contribution in [3.63, 3.8) is 0 Å². The highest BCUT2D eigenvalue weighted by atomic mass is 19.4. The maximum Gasteiger partial charge on any atom is 0.421 e. The smallest absolute Gasteiger partial charge is 0.421 e. The number of pyridine rings is 1. The zero-order valence-corrected chi connectivity index (χ0v) is 17.1. The Morgan fingerprint density at radius 2 is 2.07 bits per heavy atom. The number of hydrogen-bond donors (Lipinski definition) is 1. The fourth-order valence-corrected chi connectivity index (χ4v) is 3.41. The van der Waals surface area contributed by atoms with Crippen LogP contribution in [0.1, 0.15) is 39.7 Å². The lowest BCUT2D eigenvalue weighted by Crippen LogP contribution is -2.54. The summed E-state index contributed by atoms with van der Waals surface area (Å²) in [6, 6.07) is 2.17. The first-order valence-corrected chi connectivity index (χ1v) is 9.56. The summed E-state index contributed by atoms with van der Waals surface area (Å²) in [5.74, 6) is 0.00901. The van der Waals surface area contributed by atoms with E-state index >= 15 is 0 Å². The SMILES string of the molecule is CC(C)[C@H]1CN(C)CC[C@H]1NC(=O)C(C)(C)COc1ncccc1C(F)(F)F. The van der Waals surface area contributed by atoms with E-state index in [0.29, 0.717) is 11.8 Å². The molecule has 1 fully saturated rings. The Morgan fingerprint density at radius 1 is 1.39 bits per heavy atom. The number of halogens is 3. The second kappa shape index (κ2) is 8.68. The summed E-state index contributed by atoms with van der Waals surface area (Å²) < 4.78 is 44.6. The summed E-state index contributed by atoms with van der Waals surface area (Å²) in [6.07, 6.45) is -2.47. The highest BCUT2D eigenvalue weighted by Gasteiger charge is 2.38. The van der Waals surface area contributed by atoms with E-state index in [4.69, 9.17) is 4.74 Å². The van der Waals surface area contributed by atoms with Gasteiger partial charge in [0.15, 0.2) is 0 Å². The van der Waals surface area contributed by atoms with Crippen LogP contribution in [0, 0.1) is 17.3 Å². The van der Waals surface area contributed by atoms with Gasteiger partial charge in [-0.25, -0.2) is 4.98 Å². The standard InChI is InChI=1S/C20H30F3N3O2/c1-13(2)14-11-26(5)10-8-16(14)25-18(27)19(3,4)12-28-17-15(20(21,22)23)7-6-9-24-17/h6-7,9,13-14,16H,8,10-12H2,1-5H3,(H,25,27)/t14-,16-/m1/s1. The molecule has 2 heterocycles. The first-order valence-electron chi connectivity index (χ1n) is 9.56. The van der Waals surface area contributed by atoms with E-state index in [2.05, 4.69) is 36.1 Å². The zero-order valence-electron chi connectivity index (χ0n) is 17.1. The van der Waals surface area contributed by atoms with E-state index in [9.17, 15) is 18.0 Å². The van der Waals surface area contributed by atoms with E-state index in [1.165, 1.54) is 12.3 Å². The molecule has 28 heavy (non-hydrogen) atoms. The van der Waals surface area contributed by atoms with Gasteiger partial charge in [0.1, 0.15) is 12.2 Å². The minimum absolute atomic E-state index is 0.0450. The molecule has 2 atom stereocenters. The highest BCUT2D eigenvalue weighted by Crippen LogP contribution is 2.35. The van der Waals surface area contributed by atoms with E-state index in [1.807, 2.05) is 0 Å². The van der Waals surface area contributed by atoms with E-state index in [1.54, 1.807) is 13.8 Å². The van der Waals surface area contributed by atoms with Crippen molar-refractivity contribution in [3.8, 4) is 5.88 Å². The van der Waals surface area contributed by atoms with Gasteiger partial charge in [-0.2, -0.15) is 13.2 Å². The molecule has 5 nitrogen and oxygen atoms in total. The number of amides is 1. The Kier molecular flexibility index (Phi) is 6.96. The van der Waals surface area contributed by atoms with Crippen molar-refractivity contribution >= 4 is 5.91 Å². The molecule has 8 heteroatoms. The molecule has 0 radical (unpaired) electrons. The van der Waals surface area contributed by atoms with Gasteiger partial charge < -0.3 is 15.0 Å². The number of piperidine rings is 1. The Balaban J connectivity index is 2.04. The quantitative estimate of drug-likeness (QED) is 0.791. The maximum absolute atomic E-state index is 13.1. The normalized spacial score (nSPS) is 21.6. The van der Waals surface area contributed by atoms with E-state index < -0.39 is 23.0 Å². The summed E-state index contributed by atoms with van der Waals surface area (Å²) in [7, 11) is 2.07. The highest BCUT2D eigenvalue weighted by molar-refractivity contribution is 5.82. The molecular weight excluding hydrogens is 371 g/mol. The van der Waals surface area contributed by atoms with Crippen LogP contribution >= 0.6 is 0 Å². The Labute approximate surface area is 164 Å². The molecule has 0 spiro atoms. The number of carbonyl (C=O) groups excluding carboxylic acids is 1. The van der Waals surface area contributed by atoms with Crippen LogP contribution in [0.15, 0.2) is 18.3 Å². The van der Waals surface area contributed by atoms with Crippen LogP contribution in [0.5, 0.6) is 5.88 Å². The maximum atomic E-state index is 13.1. The van der Waals surface area contributed by atoms with Gasteiger partial charge in [0.05, 0.1) is 5.41 Å². The zero-order chi connectivity index (χ0) is 21.1. The second-order valence-corrected chi connectivity index (χ2v) is 8.57. The van der Waals surface area contributed by atoms with Gasteiger partial charge in [-0.05, 0) is 57.8 Å². The fourth-order valence-electron chi connectivity index (χ4n) is 3.41. The molecule has 0 saturated carbocycles. The summed E-state index contributed by atoms with van der Waals surface area (Å²) in [5.41, 5.74) is -1.94. The molecule has 0 bridgehead atoms. The second-order valence-electron chi connectivity index (χ2n) is 8.57. The number of aromatic nitrogens is 1. The molecule has 2 rings (SSSR count). The fraction of sp³-hybridized carbons (Fsp3) is 0.700. The molecule has 1 aliphatic heterocycles. The van der Waals surface area contributed by atoms with Gasteiger partial charge in [0, 0.05) is 18.8 Å². The Morgan fingerprint density at radius 3 is 2.68 bits per heavy atom. The predicted octanol–water partition coefficient (Wildman–Crippen LogP) is 3.60. The minimum Gasteiger partial charge on any atom is -0.476 e. The van der Waals surface area contributed by atoms with Crippen molar-refractivity contribution in [2.24, 2.45) is 17.3 Å². The molecule has 1 aliphatic rings. The minimum atomic E-state index is -4.56. The van der Waals surface area contributed by atoms with Crippen molar-refractivity contribution in [1.82, 2.24) is 15.2 Å². The van der Waals surface area contributed by atoms with Gasteiger partial charge in [0.2, 0.25) is 11.8 Å². The molecule has 1 aromatic rings. The molecule has 158 valence electrons. The average molecular weight is 401 g/mol. The summed E-state index contributed by atoms with van der Waals surface area (Å²) in [6.45, 7) is 9.21. The number of rotatable bonds is 6. The third-order valence-electron chi connectivity index (χ3n) is 5.29. The summed E-state index contributed by atoms with van der Waals surface area (Å²) in [5, 5.41) is 3.10. The number of likely N-dealkylation sites (tertiary alicyclic amines) is 1. The largest absolute Gasteiger partial charge is 0.476 e. The molecule has 0 unspecified atom stereocenters. The first-order chi connectivity index (χ1) is 12.9. The average Bonchev–Trinajstić information content (AvgIpc) is 2.60. The summed E-state index contributed by atoms with van der Waals surface area (Å²) >= 11 is 0. The predicted molar refractivity (Wildman–Crippen MR) is 101 cm³/mol. The van der Waals surface area contributed by atoms with Gasteiger partial charge in [0.25, 0.3) is 0 Å². The van der Waals surface area contributed by atoms with Gasteiger partial charge in [-0.3, -0.25) is 4.79 Å². The van der Waals surface area contributed by atoms with Gasteiger partial charge in [-0.15, -0.1) is 0 Å². The van der Waals surface area contributed by atoms with Crippen LogP contribution in [0.2, 0.25) is 0 Å². The van der Waals surface area contributed by atoms with E-state index in [0.717, 1.165) is 25.6 Å². The van der Waals surface area contributed by atoms with Crippen LogP contribution in [-0.4, -0.2) is 48.6 Å². The van der Waals surface area contributed by atoms with Gasteiger partial charge in [-0.1, -0.05) is 13.8 Å². The van der Waals surface area contributed by atoms with Crippen LogP contribution in [-0.2, 0) is 11.0 Å². The lowest BCUT2D eigenvalue weighted by Gasteiger charge is -2.40. The van der Waals surface area contributed by atoms with Crippen LogP contribution in [0.4, 0.5) is 13.2 Å². The number of carbonyl (C=O) groups is 1. The lowest BCUT2D eigenvalue weighted by atomic mass is 9.82. The van der Waals surface area contributed by atoms with Crippen LogP contribution in [0.3, 0.4) is 0 Å². The molecule has 0 aliphatic carbocycles. The van der Waals surface area contributed by atoms with Crippen molar-refractivity contribution in [1.29, 1.82) is 0 Å². The first kappa shape index (κ1) is 22.5. The molecule has 1 amide bonds. The van der Waals surface area contributed by atoms with E-state index in [-0.39, 0.29) is 18.6 Å². The Hall–Kier alpha value is -1.83. The van der Waals surface area contributed by atoms with Gasteiger partial charge >= 0.3 is 6.18 Å². The Bertz CT molecular complexity index is 677. The molecular formula is C20H30F3N3O2. The topological polar surface area (TPSA) is 54.5 Å². The molecule has 1 aromatic heterocycles. The lowest BCUT2D eigenvalue weighted by molar-refractivity contribution is -0.139. The number of hydrogen-bond acceptors (Lipinski definition) is 4. The molecule has 0 aromatic carbocycles. The number of nitrogens with zero attached hydrogens (tertiary/aromatic N) is 2. The number of nitrogens with one attached hydrogen (secondary N) is 1.